The second kappa shape index (κ2) is 4.45. The molecule has 0 saturated heterocycles. The zero-order valence-corrected chi connectivity index (χ0v) is 7.01. The quantitative estimate of drug-likeness (QED) is 0.780. The Morgan fingerprint density at radius 3 is 2.71 bits per heavy atom. The van der Waals surface area contributed by atoms with Crippen LogP contribution in [0.4, 0.5) is 8.78 Å². The Morgan fingerprint density at radius 1 is 1.43 bits per heavy atom. The van der Waals surface area contributed by atoms with Crippen molar-refractivity contribution in [3.63, 3.8) is 0 Å². The minimum Gasteiger partial charge on any atom is -0.344 e. The highest BCUT2D eigenvalue weighted by molar-refractivity contribution is 5.95. The van der Waals surface area contributed by atoms with Gasteiger partial charge >= 0.3 is 0 Å². The molecule has 0 bridgehead atoms. The smallest absolute Gasteiger partial charge is 0.254 e. The molecule has 5 heteroatoms. The first kappa shape index (κ1) is 10.3. The van der Waals surface area contributed by atoms with E-state index in [2.05, 4.69) is 5.32 Å². The first-order chi connectivity index (χ1) is 6.65. The van der Waals surface area contributed by atoms with E-state index in [-0.39, 0.29) is 12.1 Å². The lowest BCUT2D eigenvalue weighted by Crippen LogP contribution is -2.26. The highest BCUT2D eigenvalue weighted by Crippen LogP contribution is 2.08. The average molecular weight is 198 g/mol. The molecule has 0 saturated carbocycles. The molecule has 14 heavy (non-hydrogen) atoms. The molecular weight excluding hydrogens is 192 g/mol. The molecule has 73 valence electrons. The normalized spacial score (nSPS) is 9.57. The van der Waals surface area contributed by atoms with Crippen LogP contribution in [0.15, 0.2) is 18.2 Å². The minimum atomic E-state index is -0.964. The van der Waals surface area contributed by atoms with Crippen molar-refractivity contribution in [3.05, 3.63) is 35.4 Å². The number of hydrogen-bond donors (Lipinski definition) is 1. The lowest BCUT2D eigenvalue weighted by molar-refractivity contribution is 0.0955. The summed E-state index contributed by atoms with van der Waals surface area (Å²) in [5.41, 5.74) is -0.304. The van der Waals surface area contributed by atoms with Gasteiger partial charge in [0.05, 0.1) is 12.1 Å². The monoisotopic (exact) mass is 198 g/mol. The number of halogens is 2. The van der Waals surface area contributed by atoms with Crippen molar-refractivity contribution >= 4 is 12.2 Å². The average Bonchev–Trinajstić information content (AvgIpc) is 2.14. The summed E-state index contributed by atoms with van der Waals surface area (Å²) >= 11 is 0. The van der Waals surface area contributed by atoms with Gasteiger partial charge in [-0.2, -0.15) is 0 Å². The Bertz CT molecular complexity index is 366. The summed E-state index contributed by atoms with van der Waals surface area (Å²) in [6, 6.07) is 2.56. The second-order valence-electron chi connectivity index (χ2n) is 2.45. The van der Waals surface area contributed by atoms with Crippen molar-refractivity contribution in [2.75, 3.05) is 6.54 Å². The number of benzene rings is 1. The Balaban J connectivity index is 2.84. The van der Waals surface area contributed by atoms with Crippen LogP contribution >= 0.6 is 0 Å². The third-order valence-electron chi connectivity index (χ3n) is 1.50. The predicted molar refractivity (Wildman–Crippen MR) is 44.4 cm³/mol. The molecule has 0 aliphatic heterocycles. The lowest BCUT2D eigenvalue weighted by atomic mass is 10.2. The first-order valence-electron chi connectivity index (χ1n) is 3.73. The Hall–Kier alpha value is -1.78. The molecule has 3 nitrogen and oxygen atoms in total. The topological polar surface area (TPSA) is 46.2 Å². The maximum absolute atomic E-state index is 12.9. The van der Waals surface area contributed by atoms with Gasteiger partial charge in [0.1, 0.15) is 11.6 Å². The fourth-order valence-corrected chi connectivity index (χ4v) is 0.885. The molecule has 0 fully saturated rings. The Labute approximate surface area is 78.7 Å². The van der Waals surface area contributed by atoms with Crippen LogP contribution in [-0.2, 0) is 4.79 Å². The molecule has 0 aromatic heterocycles. The van der Waals surface area contributed by atoms with Gasteiger partial charge in [-0.3, -0.25) is 9.59 Å². The van der Waals surface area contributed by atoms with Gasteiger partial charge in [-0.15, -0.1) is 0 Å². The van der Waals surface area contributed by atoms with Crippen molar-refractivity contribution in [2.24, 2.45) is 0 Å². The number of hydrogen-bond acceptors (Lipinski definition) is 2. The maximum Gasteiger partial charge on any atom is 0.254 e. The summed E-state index contributed by atoms with van der Waals surface area (Å²) in [7, 11) is 0. The van der Waals surface area contributed by atoms with Crippen LogP contribution < -0.4 is 5.32 Å². The second-order valence-corrected chi connectivity index (χ2v) is 2.45. The van der Waals surface area contributed by atoms with Crippen LogP contribution in [0.3, 0.4) is 0 Å². The van der Waals surface area contributed by atoms with E-state index in [1.165, 1.54) is 6.29 Å². The van der Waals surface area contributed by atoms with E-state index in [1.807, 2.05) is 0 Å². The van der Waals surface area contributed by atoms with Crippen molar-refractivity contribution in [3.8, 4) is 0 Å². The standard InChI is InChI=1S/C9H6F2NO2/c10-6-1-2-7(8(11)5-6)9(14)12-3-4-13/h1-2,5H,3H2,(H,12,14). The molecule has 0 spiro atoms. The molecule has 1 amide bonds. The maximum atomic E-state index is 12.9. The van der Waals surface area contributed by atoms with Crippen molar-refractivity contribution in [1.29, 1.82) is 0 Å². The van der Waals surface area contributed by atoms with Crippen molar-refractivity contribution in [2.45, 2.75) is 0 Å². The minimum absolute atomic E-state index is 0.304. The van der Waals surface area contributed by atoms with Gasteiger partial charge in [0.15, 0.2) is 0 Å². The number of carbonyl (C=O) groups excluding carboxylic acids is 2. The van der Waals surface area contributed by atoms with E-state index in [9.17, 15) is 18.4 Å². The summed E-state index contributed by atoms with van der Waals surface area (Å²) in [6.07, 6.45) is 1.42. The van der Waals surface area contributed by atoms with Gasteiger partial charge in [0.2, 0.25) is 6.29 Å². The SMILES string of the molecule is O=[C]CNC(=O)c1ccc(F)cc1F. The van der Waals surface area contributed by atoms with Gasteiger partial charge in [-0.25, -0.2) is 8.78 Å². The summed E-state index contributed by atoms with van der Waals surface area (Å²) < 4.78 is 25.4. The highest BCUT2D eigenvalue weighted by atomic mass is 19.1. The predicted octanol–water partition coefficient (Wildman–Crippen LogP) is 0.804. The van der Waals surface area contributed by atoms with Crippen LogP contribution in [0.2, 0.25) is 0 Å². The summed E-state index contributed by atoms with van der Waals surface area (Å²) in [5, 5.41) is 2.08. The largest absolute Gasteiger partial charge is 0.344 e. The number of carbonyl (C=O) groups is 1. The fraction of sp³-hybridized carbons (Fsp3) is 0.111. The summed E-state index contributed by atoms with van der Waals surface area (Å²) in [4.78, 5) is 20.9. The molecular formula is C9H6F2NO2. The summed E-state index contributed by atoms with van der Waals surface area (Å²) in [5.74, 6) is -2.50. The number of amides is 1. The van der Waals surface area contributed by atoms with Crippen LogP contribution in [0.5, 0.6) is 0 Å². The van der Waals surface area contributed by atoms with Crippen molar-refractivity contribution < 1.29 is 18.4 Å². The van der Waals surface area contributed by atoms with E-state index in [4.69, 9.17) is 0 Å². The van der Waals surface area contributed by atoms with Gasteiger partial charge in [-0.05, 0) is 12.1 Å². The molecule has 1 aromatic carbocycles. The molecule has 1 radical (unpaired) electrons. The first-order valence-corrected chi connectivity index (χ1v) is 3.73. The van der Waals surface area contributed by atoms with E-state index in [1.54, 1.807) is 0 Å². The third-order valence-corrected chi connectivity index (χ3v) is 1.50. The molecule has 0 heterocycles. The van der Waals surface area contributed by atoms with Crippen LogP contribution in [-0.4, -0.2) is 18.7 Å². The highest BCUT2D eigenvalue weighted by Gasteiger charge is 2.11. The molecule has 0 aliphatic carbocycles. The lowest BCUT2D eigenvalue weighted by Gasteiger charge is -2.01. The van der Waals surface area contributed by atoms with Crippen molar-refractivity contribution in [1.82, 2.24) is 5.32 Å². The number of nitrogens with one attached hydrogen (secondary N) is 1. The molecule has 0 aliphatic rings. The molecule has 1 N–H and O–H groups in total. The van der Waals surface area contributed by atoms with Gasteiger partial charge in [0.25, 0.3) is 5.91 Å². The van der Waals surface area contributed by atoms with Crippen LogP contribution in [0, 0.1) is 11.6 Å². The summed E-state index contributed by atoms with van der Waals surface area (Å²) in [6.45, 7) is -0.324. The zero-order valence-electron chi connectivity index (χ0n) is 7.01. The number of rotatable bonds is 3. The van der Waals surface area contributed by atoms with Crippen LogP contribution in [0.1, 0.15) is 10.4 Å². The van der Waals surface area contributed by atoms with Gasteiger partial charge in [0, 0.05) is 6.07 Å². The Morgan fingerprint density at radius 2 is 2.14 bits per heavy atom. The molecule has 1 aromatic rings. The van der Waals surface area contributed by atoms with E-state index < -0.39 is 17.5 Å². The van der Waals surface area contributed by atoms with Gasteiger partial charge in [-0.1, -0.05) is 0 Å². The molecule has 0 unspecified atom stereocenters. The van der Waals surface area contributed by atoms with E-state index >= 15 is 0 Å². The fourth-order valence-electron chi connectivity index (χ4n) is 0.885. The zero-order chi connectivity index (χ0) is 10.6. The Kier molecular flexibility index (Phi) is 3.28. The molecule has 0 atom stereocenters. The molecule has 1 rings (SSSR count). The van der Waals surface area contributed by atoms with E-state index in [0.29, 0.717) is 6.07 Å². The van der Waals surface area contributed by atoms with Crippen LogP contribution in [0.25, 0.3) is 0 Å². The van der Waals surface area contributed by atoms with E-state index in [0.717, 1.165) is 12.1 Å². The third kappa shape index (κ3) is 2.35. The van der Waals surface area contributed by atoms with Gasteiger partial charge < -0.3 is 5.32 Å².